The molecule has 0 saturated carbocycles. The van der Waals surface area contributed by atoms with Crippen LogP contribution in [0.2, 0.25) is 0 Å². The van der Waals surface area contributed by atoms with E-state index in [0.717, 1.165) is 24.9 Å². The van der Waals surface area contributed by atoms with Gasteiger partial charge in [0.15, 0.2) is 5.34 Å². The molecule has 3 atom stereocenters. The molecular formula is C17H25N2O6P. The van der Waals surface area contributed by atoms with Crippen LogP contribution in [-0.4, -0.2) is 41.0 Å². The molecule has 2 aliphatic heterocycles. The third kappa shape index (κ3) is 3.10. The van der Waals surface area contributed by atoms with E-state index in [1.54, 1.807) is 32.9 Å². The Balaban J connectivity index is 1.95. The Morgan fingerprint density at radius 1 is 1.31 bits per heavy atom. The van der Waals surface area contributed by atoms with Gasteiger partial charge in [-0.3, -0.25) is 19.6 Å². The summed E-state index contributed by atoms with van der Waals surface area (Å²) in [5.41, 5.74) is 0.826. The van der Waals surface area contributed by atoms with Gasteiger partial charge in [-0.15, -0.1) is 0 Å². The predicted octanol–water partition coefficient (Wildman–Crippen LogP) is 4.07. The maximum Gasteiger partial charge on any atom is 0.363 e. The molecule has 0 aliphatic carbocycles. The fourth-order valence-corrected chi connectivity index (χ4v) is 6.06. The molecule has 9 heteroatoms. The summed E-state index contributed by atoms with van der Waals surface area (Å²) in [5, 5.41) is 9.81. The van der Waals surface area contributed by atoms with E-state index in [1.807, 2.05) is 0 Å². The molecule has 0 N–H and O–H groups in total. The molecule has 0 aromatic heterocycles. The highest BCUT2D eigenvalue weighted by atomic mass is 31.2. The van der Waals surface area contributed by atoms with E-state index in [9.17, 15) is 14.7 Å². The van der Waals surface area contributed by atoms with E-state index >= 15 is 0 Å². The van der Waals surface area contributed by atoms with E-state index in [-0.39, 0.29) is 24.9 Å². The van der Waals surface area contributed by atoms with E-state index in [4.69, 9.17) is 13.8 Å². The van der Waals surface area contributed by atoms with Crippen LogP contribution >= 0.6 is 7.60 Å². The Labute approximate surface area is 153 Å². The van der Waals surface area contributed by atoms with Crippen LogP contribution in [0.4, 0.5) is 5.69 Å². The number of hydrogen-bond acceptors (Lipinski definition) is 7. The fourth-order valence-electron chi connectivity index (χ4n) is 3.92. The number of nitro groups is 1. The second kappa shape index (κ2) is 7.37. The van der Waals surface area contributed by atoms with Crippen molar-refractivity contribution < 1.29 is 23.3 Å². The second-order valence-electron chi connectivity index (χ2n) is 6.60. The van der Waals surface area contributed by atoms with Crippen LogP contribution in [0.25, 0.3) is 0 Å². The first-order valence-electron chi connectivity index (χ1n) is 8.93. The topological polar surface area (TPSA) is 91.1 Å². The van der Waals surface area contributed by atoms with Crippen molar-refractivity contribution in [3.05, 3.63) is 39.9 Å². The summed E-state index contributed by atoms with van der Waals surface area (Å²) >= 11 is 0. The zero-order chi connectivity index (χ0) is 18.9. The second-order valence-corrected chi connectivity index (χ2v) is 9.00. The predicted molar refractivity (Wildman–Crippen MR) is 95.9 cm³/mol. The van der Waals surface area contributed by atoms with Gasteiger partial charge in [0.25, 0.3) is 5.69 Å². The molecule has 0 radical (unpaired) electrons. The molecule has 1 aromatic rings. The van der Waals surface area contributed by atoms with Gasteiger partial charge in [-0.2, -0.15) is 0 Å². The first-order valence-corrected chi connectivity index (χ1v) is 10.5. The molecule has 0 spiro atoms. The third-order valence-electron chi connectivity index (χ3n) is 5.09. The number of benzene rings is 1. The molecule has 144 valence electrons. The minimum absolute atomic E-state index is 0.0294. The molecule has 0 amide bonds. The zero-order valence-corrected chi connectivity index (χ0v) is 16.2. The van der Waals surface area contributed by atoms with E-state index < -0.39 is 24.1 Å². The third-order valence-corrected chi connectivity index (χ3v) is 7.78. The van der Waals surface area contributed by atoms with Gasteiger partial charge in [0, 0.05) is 18.7 Å². The molecule has 8 nitrogen and oxygen atoms in total. The number of nitrogens with zero attached hydrogens (tertiary/aromatic N) is 2. The summed E-state index contributed by atoms with van der Waals surface area (Å²) in [7, 11) is -3.50. The summed E-state index contributed by atoms with van der Waals surface area (Å²) in [6, 6.07) is 6.22. The Bertz CT molecular complexity index is 702. The van der Waals surface area contributed by atoms with Crippen LogP contribution in [0.3, 0.4) is 0 Å². The smallest absolute Gasteiger partial charge is 0.338 e. The van der Waals surface area contributed by atoms with Gasteiger partial charge >= 0.3 is 7.60 Å². The largest absolute Gasteiger partial charge is 0.363 e. The van der Waals surface area contributed by atoms with Gasteiger partial charge in [-0.25, -0.2) is 0 Å². The zero-order valence-electron chi connectivity index (χ0n) is 15.3. The van der Waals surface area contributed by atoms with Crippen LogP contribution < -0.4 is 0 Å². The summed E-state index contributed by atoms with van der Waals surface area (Å²) in [6.45, 7) is 6.71. The first kappa shape index (κ1) is 19.5. The van der Waals surface area contributed by atoms with Crippen molar-refractivity contribution in [3.63, 3.8) is 0 Å². The van der Waals surface area contributed by atoms with Crippen molar-refractivity contribution in [1.82, 2.24) is 4.90 Å². The summed E-state index contributed by atoms with van der Waals surface area (Å²) in [5.74, 6) is 0. The average Bonchev–Trinajstić information content (AvgIpc) is 3.19. The molecule has 2 aliphatic rings. The molecular weight excluding hydrogens is 359 g/mol. The monoisotopic (exact) mass is 384 g/mol. The molecule has 2 saturated heterocycles. The average molecular weight is 384 g/mol. The van der Waals surface area contributed by atoms with Gasteiger partial charge < -0.3 is 13.8 Å². The normalized spacial score (nSPS) is 29.0. The lowest BCUT2D eigenvalue weighted by Crippen LogP contribution is -2.40. The molecule has 0 bridgehead atoms. The first-order chi connectivity index (χ1) is 12.4. The quantitative estimate of drug-likeness (QED) is 0.397. The van der Waals surface area contributed by atoms with Gasteiger partial charge in [0.05, 0.1) is 24.2 Å². The molecule has 3 unspecified atom stereocenters. The van der Waals surface area contributed by atoms with Crippen molar-refractivity contribution in [3.8, 4) is 0 Å². The Hall–Kier alpha value is -1.31. The molecule has 2 heterocycles. The van der Waals surface area contributed by atoms with Crippen LogP contribution in [-0.2, 0) is 18.3 Å². The van der Waals surface area contributed by atoms with Crippen molar-refractivity contribution in [1.29, 1.82) is 0 Å². The number of fused-ring (bicyclic) bond motifs is 1. The Morgan fingerprint density at radius 2 is 1.92 bits per heavy atom. The van der Waals surface area contributed by atoms with Crippen LogP contribution in [0, 0.1) is 10.1 Å². The maximum atomic E-state index is 13.5. The standard InChI is InChI=1S/C17H25N2O6P/c1-4-23-26(22,24-5-2)17(3)15-7-6-12-18(15)16(25-17)13-8-10-14(11-9-13)19(20)21/h8-11,15-16H,4-7,12H2,1-3H3. The molecule has 2 fully saturated rings. The van der Waals surface area contributed by atoms with Crippen molar-refractivity contribution in [2.24, 2.45) is 0 Å². The van der Waals surface area contributed by atoms with Crippen molar-refractivity contribution >= 4 is 13.3 Å². The lowest BCUT2D eigenvalue weighted by atomic mass is 10.1. The highest BCUT2D eigenvalue weighted by Crippen LogP contribution is 2.68. The van der Waals surface area contributed by atoms with E-state index in [2.05, 4.69) is 4.90 Å². The van der Waals surface area contributed by atoms with Crippen LogP contribution in [0.15, 0.2) is 24.3 Å². The van der Waals surface area contributed by atoms with Crippen LogP contribution in [0.1, 0.15) is 45.4 Å². The molecule has 1 aromatic carbocycles. The number of nitro benzene ring substituents is 1. The van der Waals surface area contributed by atoms with Gasteiger partial charge in [0.2, 0.25) is 0 Å². The highest BCUT2D eigenvalue weighted by Gasteiger charge is 2.63. The lowest BCUT2D eigenvalue weighted by molar-refractivity contribution is -0.384. The van der Waals surface area contributed by atoms with Gasteiger partial charge in [0.1, 0.15) is 6.23 Å². The summed E-state index contributed by atoms with van der Waals surface area (Å²) in [4.78, 5) is 12.6. The number of non-ortho nitro benzene ring substituents is 1. The SMILES string of the molecule is CCOP(=O)(OCC)C1(C)OC(c2ccc([N+](=O)[O-])cc2)N2CCCC21. The fraction of sp³-hybridized carbons (Fsp3) is 0.647. The summed E-state index contributed by atoms with van der Waals surface area (Å²) < 4.78 is 31.0. The summed E-state index contributed by atoms with van der Waals surface area (Å²) in [6.07, 6.45) is 1.37. The molecule has 26 heavy (non-hydrogen) atoms. The van der Waals surface area contributed by atoms with Gasteiger partial charge in [-0.05, 0) is 51.3 Å². The van der Waals surface area contributed by atoms with Crippen LogP contribution in [0.5, 0.6) is 0 Å². The number of rotatable bonds is 7. The van der Waals surface area contributed by atoms with Crippen molar-refractivity contribution in [2.45, 2.75) is 51.2 Å². The lowest BCUT2D eigenvalue weighted by Gasteiger charge is -2.35. The Kier molecular flexibility index (Phi) is 5.51. The molecule has 3 rings (SSSR count). The Morgan fingerprint density at radius 3 is 2.46 bits per heavy atom. The minimum Gasteiger partial charge on any atom is -0.338 e. The minimum atomic E-state index is -3.50. The van der Waals surface area contributed by atoms with E-state index in [0.29, 0.717) is 0 Å². The van der Waals surface area contributed by atoms with Gasteiger partial charge in [-0.1, -0.05) is 0 Å². The van der Waals surface area contributed by atoms with Crippen molar-refractivity contribution in [2.75, 3.05) is 19.8 Å². The number of ether oxygens (including phenoxy) is 1. The maximum absolute atomic E-state index is 13.5. The van der Waals surface area contributed by atoms with E-state index in [1.165, 1.54) is 12.1 Å². The number of hydrogen-bond donors (Lipinski definition) is 0. The highest BCUT2D eigenvalue weighted by molar-refractivity contribution is 7.55.